The third kappa shape index (κ3) is 7.97. The maximum Gasteiger partial charge on any atom is 0.319 e. The van der Waals surface area contributed by atoms with Gasteiger partial charge in [0.15, 0.2) is 0 Å². The molecular formula is C16H22BrFN2O3. The molecule has 1 rings (SSSR count). The van der Waals surface area contributed by atoms with Crippen LogP contribution in [0.15, 0.2) is 22.7 Å². The predicted octanol–water partition coefficient (Wildman–Crippen LogP) is 4.38. The van der Waals surface area contributed by atoms with E-state index >= 15 is 0 Å². The first-order chi connectivity index (χ1) is 10.8. The molecule has 5 nitrogen and oxygen atoms in total. The normalized spacial score (nSPS) is 12.0. The number of carboxylic acids is 1. The Morgan fingerprint density at radius 1 is 1.35 bits per heavy atom. The number of hydrogen-bond donors (Lipinski definition) is 3. The number of nitrogens with one attached hydrogen (secondary N) is 2. The van der Waals surface area contributed by atoms with Crippen LogP contribution in [0.4, 0.5) is 14.9 Å². The van der Waals surface area contributed by atoms with E-state index in [-0.39, 0.29) is 18.2 Å². The van der Waals surface area contributed by atoms with Crippen molar-refractivity contribution in [1.82, 2.24) is 5.32 Å². The Morgan fingerprint density at radius 3 is 2.61 bits per heavy atom. The van der Waals surface area contributed by atoms with Crippen LogP contribution in [0.5, 0.6) is 0 Å². The summed E-state index contributed by atoms with van der Waals surface area (Å²) in [6.07, 6.45) is 1.86. The van der Waals surface area contributed by atoms with Crippen molar-refractivity contribution < 1.29 is 19.1 Å². The fourth-order valence-corrected chi connectivity index (χ4v) is 2.59. The molecule has 0 saturated heterocycles. The quantitative estimate of drug-likeness (QED) is 0.618. The molecule has 0 spiro atoms. The smallest absolute Gasteiger partial charge is 0.319 e. The van der Waals surface area contributed by atoms with E-state index in [2.05, 4.69) is 26.6 Å². The van der Waals surface area contributed by atoms with Gasteiger partial charge in [0, 0.05) is 16.9 Å². The molecule has 0 bridgehead atoms. The van der Waals surface area contributed by atoms with Crippen LogP contribution in [-0.2, 0) is 4.79 Å². The average molecular weight is 389 g/mol. The summed E-state index contributed by atoms with van der Waals surface area (Å²) in [5.74, 6) is -1.02. The van der Waals surface area contributed by atoms with E-state index in [4.69, 9.17) is 5.11 Å². The van der Waals surface area contributed by atoms with Crippen LogP contribution >= 0.6 is 15.9 Å². The minimum Gasteiger partial charge on any atom is -0.481 e. The van der Waals surface area contributed by atoms with Gasteiger partial charge in [0.1, 0.15) is 5.82 Å². The van der Waals surface area contributed by atoms with Crippen LogP contribution in [0.25, 0.3) is 0 Å². The molecule has 0 fully saturated rings. The Kier molecular flexibility index (Phi) is 8.02. The second-order valence-corrected chi connectivity index (χ2v) is 6.75. The minimum absolute atomic E-state index is 0.0687. The van der Waals surface area contributed by atoms with Crippen molar-refractivity contribution in [1.29, 1.82) is 0 Å². The Balaban J connectivity index is 2.59. The molecule has 23 heavy (non-hydrogen) atoms. The number of halogens is 2. The molecule has 0 saturated carbocycles. The van der Waals surface area contributed by atoms with E-state index in [1.165, 1.54) is 12.1 Å². The Bertz CT molecular complexity index is 552. The molecule has 128 valence electrons. The monoisotopic (exact) mass is 388 g/mol. The van der Waals surface area contributed by atoms with Gasteiger partial charge >= 0.3 is 12.0 Å². The molecule has 1 aromatic carbocycles. The summed E-state index contributed by atoms with van der Waals surface area (Å²) in [6, 6.07) is 3.74. The second-order valence-electron chi connectivity index (χ2n) is 5.84. The summed E-state index contributed by atoms with van der Waals surface area (Å²) >= 11 is 3.15. The first kappa shape index (κ1) is 19.4. The summed E-state index contributed by atoms with van der Waals surface area (Å²) in [7, 11) is 0. The first-order valence-corrected chi connectivity index (χ1v) is 8.31. The van der Waals surface area contributed by atoms with Gasteiger partial charge in [0.2, 0.25) is 0 Å². The summed E-state index contributed by atoms with van der Waals surface area (Å²) in [4.78, 5) is 22.6. The van der Waals surface area contributed by atoms with Crippen LogP contribution in [0.2, 0.25) is 0 Å². The van der Waals surface area contributed by atoms with E-state index in [1.54, 1.807) is 6.07 Å². The fourth-order valence-electron chi connectivity index (χ4n) is 2.25. The molecule has 0 heterocycles. The van der Waals surface area contributed by atoms with Gasteiger partial charge in [0.05, 0.1) is 5.69 Å². The van der Waals surface area contributed by atoms with Crippen molar-refractivity contribution in [3.05, 3.63) is 28.5 Å². The highest BCUT2D eigenvalue weighted by atomic mass is 79.9. The lowest BCUT2D eigenvalue weighted by atomic mass is 9.99. The average Bonchev–Trinajstić information content (AvgIpc) is 2.40. The topological polar surface area (TPSA) is 78.4 Å². The number of aliphatic carboxylic acids is 1. The molecule has 7 heteroatoms. The fraction of sp³-hybridized carbons (Fsp3) is 0.500. The second kappa shape index (κ2) is 9.50. The molecule has 1 atom stereocenters. The van der Waals surface area contributed by atoms with Crippen LogP contribution in [-0.4, -0.2) is 23.1 Å². The van der Waals surface area contributed by atoms with Crippen LogP contribution in [0.3, 0.4) is 0 Å². The number of carbonyl (C=O) groups is 2. The van der Waals surface area contributed by atoms with Gasteiger partial charge in [-0.3, -0.25) is 4.79 Å². The highest BCUT2D eigenvalue weighted by molar-refractivity contribution is 9.10. The van der Waals surface area contributed by atoms with Crippen molar-refractivity contribution in [2.24, 2.45) is 5.92 Å². The molecule has 3 N–H and O–H groups in total. The van der Waals surface area contributed by atoms with Gasteiger partial charge in [-0.2, -0.15) is 0 Å². The standard InChI is InChI=1S/C16H22BrFN2O3/c1-10(2)8-12(4-3-5-15(21)22)19-16(23)20-14-7-6-11(17)9-13(14)18/h6-7,9-10,12H,3-5,8H2,1-2H3,(H,21,22)(H2,19,20,23)/t12-/m1/s1. The molecule has 0 aliphatic heterocycles. The third-order valence-electron chi connectivity index (χ3n) is 3.21. The first-order valence-electron chi connectivity index (χ1n) is 7.52. The number of hydrogen-bond acceptors (Lipinski definition) is 2. The maximum atomic E-state index is 13.7. The molecule has 2 amide bonds. The van der Waals surface area contributed by atoms with Crippen molar-refractivity contribution in [2.45, 2.75) is 45.6 Å². The third-order valence-corrected chi connectivity index (χ3v) is 3.71. The molecule has 0 unspecified atom stereocenters. The van der Waals surface area contributed by atoms with E-state index in [9.17, 15) is 14.0 Å². The lowest BCUT2D eigenvalue weighted by molar-refractivity contribution is -0.137. The molecular weight excluding hydrogens is 367 g/mol. The molecule has 0 aliphatic rings. The molecule has 0 aromatic heterocycles. The Morgan fingerprint density at radius 2 is 2.04 bits per heavy atom. The molecule has 0 radical (unpaired) electrons. The lowest BCUT2D eigenvalue weighted by Crippen LogP contribution is -2.39. The summed E-state index contributed by atoms with van der Waals surface area (Å²) < 4.78 is 14.3. The van der Waals surface area contributed by atoms with Gasteiger partial charge in [0.25, 0.3) is 0 Å². The Labute approximate surface area is 143 Å². The number of carbonyl (C=O) groups excluding carboxylic acids is 1. The van der Waals surface area contributed by atoms with Gasteiger partial charge in [-0.1, -0.05) is 29.8 Å². The largest absolute Gasteiger partial charge is 0.481 e. The van der Waals surface area contributed by atoms with Gasteiger partial charge in [-0.05, 0) is 43.4 Å². The highest BCUT2D eigenvalue weighted by Gasteiger charge is 2.15. The van der Waals surface area contributed by atoms with Crippen LogP contribution in [0, 0.1) is 11.7 Å². The summed E-state index contributed by atoms with van der Waals surface area (Å²) in [5.41, 5.74) is 0.0968. The van der Waals surface area contributed by atoms with Gasteiger partial charge < -0.3 is 15.7 Å². The number of anilines is 1. The van der Waals surface area contributed by atoms with Crippen molar-refractivity contribution >= 4 is 33.6 Å². The van der Waals surface area contributed by atoms with E-state index in [0.717, 1.165) is 6.42 Å². The molecule has 1 aromatic rings. The SMILES string of the molecule is CC(C)C[C@@H](CCCC(=O)O)NC(=O)Nc1ccc(Br)cc1F. The number of amides is 2. The van der Waals surface area contributed by atoms with Gasteiger partial charge in [-0.15, -0.1) is 0 Å². The number of carboxylic acid groups (broad SMARTS) is 1. The predicted molar refractivity (Wildman–Crippen MR) is 91.0 cm³/mol. The summed E-state index contributed by atoms with van der Waals surface area (Å²) in [5, 5.41) is 14.0. The highest BCUT2D eigenvalue weighted by Crippen LogP contribution is 2.19. The number of urea groups is 1. The van der Waals surface area contributed by atoms with E-state index in [1.807, 2.05) is 13.8 Å². The van der Waals surface area contributed by atoms with Crippen LogP contribution in [0.1, 0.15) is 39.5 Å². The zero-order chi connectivity index (χ0) is 17.4. The van der Waals surface area contributed by atoms with E-state index < -0.39 is 17.8 Å². The van der Waals surface area contributed by atoms with E-state index in [0.29, 0.717) is 23.2 Å². The van der Waals surface area contributed by atoms with Crippen molar-refractivity contribution in [3.63, 3.8) is 0 Å². The molecule has 0 aliphatic carbocycles. The van der Waals surface area contributed by atoms with Crippen molar-refractivity contribution in [3.8, 4) is 0 Å². The lowest BCUT2D eigenvalue weighted by Gasteiger charge is -2.21. The van der Waals surface area contributed by atoms with Crippen LogP contribution < -0.4 is 10.6 Å². The van der Waals surface area contributed by atoms with Gasteiger partial charge in [-0.25, -0.2) is 9.18 Å². The zero-order valence-corrected chi connectivity index (χ0v) is 14.8. The number of benzene rings is 1. The zero-order valence-electron chi connectivity index (χ0n) is 13.2. The van der Waals surface area contributed by atoms with Crippen molar-refractivity contribution in [2.75, 3.05) is 5.32 Å². The maximum absolute atomic E-state index is 13.7. The Hall–Kier alpha value is -1.63. The number of rotatable bonds is 8. The summed E-state index contributed by atoms with van der Waals surface area (Å²) in [6.45, 7) is 4.05. The minimum atomic E-state index is -0.852.